The van der Waals surface area contributed by atoms with Crippen LogP contribution >= 0.6 is 15.9 Å². The Morgan fingerprint density at radius 3 is 2.71 bits per heavy atom. The standard InChI is InChI=1S/C10H14BrFN2/c11-7-3-4-8(9(12)6-7)10(14)2-1-5-13/h3-4,6,10H,1-2,5,13-14H2/t10-/m1/s1. The van der Waals surface area contributed by atoms with E-state index in [9.17, 15) is 4.39 Å². The number of hydrogen-bond acceptors (Lipinski definition) is 2. The highest BCUT2D eigenvalue weighted by Crippen LogP contribution is 2.22. The second-order valence-electron chi connectivity index (χ2n) is 3.20. The smallest absolute Gasteiger partial charge is 0.129 e. The fourth-order valence-electron chi connectivity index (χ4n) is 1.30. The second kappa shape index (κ2) is 5.44. The highest BCUT2D eigenvalue weighted by Gasteiger charge is 2.10. The number of hydrogen-bond donors (Lipinski definition) is 2. The zero-order valence-electron chi connectivity index (χ0n) is 7.84. The molecule has 0 spiro atoms. The van der Waals surface area contributed by atoms with Gasteiger partial charge in [0.25, 0.3) is 0 Å². The van der Waals surface area contributed by atoms with Crippen molar-refractivity contribution in [1.82, 2.24) is 0 Å². The predicted molar refractivity (Wildman–Crippen MR) is 59.3 cm³/mol. The minimum atomic E-state index is -0.260. The van der Waals surface area contributed by atoms with Crippen molar-refractivity contribution in [3.05, 3.63) is 34.1 Å². The topological polar surface area (TPSA) is 52.0 Å². The summed E-state index contributed by atoms with van der Waals surface area (Å²) < 4.78 is 14.1. The zero-order chi connectivity index (χ0) is 10.6. The summed E-state index contributed by atoms with van der Waals surface area (Å²) in [5.74, 6) is -0.260. The second-order valence-corrected chi connectivity index (χ2v) is 4.12. The maximum Gasteiger partial charge on any atom is 0.129 e. The van der Waals surface area contributed by atoms with Crippen molar-refractivity contribution < 1.29 is 4.39 Å². The van der Waals surface area contributed by atoms with Gasteiger partial charge < -0.3 is 11.5 Å². The molecule has 2 nitrogen and oxygen atoms in total. The van der Waals surface area contributed by atoms with Crippen LogP contribution in [0.1, 0.15) is 24.4 Å². The lowest BCUT2D eigenvalue weighted by molar-refractivity contribution is 0.553. The van der Waals surface area contributed by atoms with Crippen LogP contribution in [-0.2, 0) is 0 Å². The minimum absolute atomic E-state index is 0.258. The zero-order valence-corrected chi connectivity index (χ0v) is 9.43. The molecule has 0 fully saturated rings. The van der Waals surface area contributed by atoms with Crippen LogP contribution in [0.2, 0.25) is 0 Å². The summed E-state index contributed by atoms with van der Waals surface area (Å²) in [5.41, 5.74) is 11.7. The molecule has 0 heterocycles. The molecule has 1 atom stereocenters. The van der Waals surface area contributed by atoms with Gasteiger partial charge in [0.05, 0.1) is 0 Å². The first kappa shape index (κ1) is 11.6. The van der Waals surface area contributed by atoms with Gasteiger partial charge >= 0.3 is 0 Å². The summed E-state index contributed by atoms with van der Waals surface area (Å²) in [6.45, 7) is 0.589. The molecule has 0 aliphatic heterocycles. The molecule has 0 bridgehead atoms. The number of halogens is 2. The van der Waals surface area contributed by atoms with Crippen molar-refractivity contribution in [2.24, 2.45) is 11.5 Å². The Balaban J connectivity index is 2.74. The Kier molecular flexibility index (Phi) is 4.51. The summed E-state index contributed by atoms with van der Waals surface area (Å²) in [6.07, 6.45) is 1.53. The lowest BCUT2D eigenvalue weighted by Gasteiger charge is -2.12. The van der Waals surface area contributed by atoms with E-state index in [4.69, 9.17) is 11.5 Å². The Morgan fingerprint density at radius 2 is 2.14 bits per heavy atom. The highest BCUT2D eigenvalue weighted by atomic mass is 79.9. The fourth-order valence-corrected chi connectivity index (χ4v) is 1.63. The van der Waals surface area contributed by atoms with Gasteiger partial charge in [-0.05, 0) is 31.5 Å². The molecule has 0 amide bonds. The highest BCUT2D eigenvalue weighted by molar-refractivity contribution is 9.10. The van der Waals surface area contributed by atoms with Crippen LogP contribution in [0, 0.1) is 5.82 Å². The van der Waals surface area contributed by atoms with E-state index in [0.29, 0.717) is 12.1 Å². The van der Waals surface area contributed by atoms with Gasteiger partial charge in [0.1, 0.15) is 5.82 Å². The predicted octanol–water partition coefficient (Wildman–Crippen LogP) is 2.33. The maximum absolute atomic E-state index is 13.4. The van der Waals surface area contributed by atoms with Gasteiger partial charge in [0, 0.05) is 16.1 Å². The van der Waals surface area contributed by atoms with Gasteiger partial charge in [0.2, 0.25) is 0 Å². The minimum Gasteiger partial charge on any atom is -0.330 e. The first-order valence-electron chi connectivity index (χ1n) is 4.55. The molecule has 4 heteroatoms. The van der Waals surface area contributed by atoms with Crippen molar-refractivity contribution in [1.29, 1.82) is 0 Å². The van der Waals surface area contributed by atoms with Crippen molar-refractivity contribution >= 4 is 15.9 Å². The average Bonchev–Trinajstić information content (AvgIpc) is 2.14. The molecule has 1 rings (SSSR count). The Morgan fingerprint density at radius 1 is 1.43 bits per heavy atom. The molecule has 0 aliphatic carbocycles. The summed E-state index contributed by atoms with van der Waals surface area (Å²) in [5, 5.41) is 0. The third-order valence-electron chi connectivity index (χ3n) is 2.08. The summed E-state index contributed by atoms with van der Waals surface area (Å²) in [6, 6.07) is 4.67. The molecule has 0 saturated heterocycles. The molecule has 14 heavy (non-hydrogen) atoms. The number of nitrogens with two attached hydrogens (primary N) is 2. The monoisotopic (exact) mass is 260 g/mol. The fraction of sp³-hybridized carbons (Fsp3) is 0.400. The average molecular weight is 261 g/mol. The Hall–Kier alpha value is -0.450. The first-order chi connectivity index (χ1) is 6.65. The van der Waals surface area contributed by atoms with Gasteiger partial charge in [0.15, 0.2) is 0 Å². The maximum atomic E-state index is 13.4. The molecule has 4 N–H and O–H groups in total. The summed E-state index contributed by atoms with van der Waals surface area (Å²) >= 11 is 3.20. The first-order valence-corrected chi connectivity index (χ1v) is 5.35. The van der Waals surface area contributed by atoms with Gasteiger partial charge in [-0.25, -0.2) is 4.39 Å². The molecule has 0 aromatic heterocycles. The Bertz CT molecular complexity index is 304. The van der Waals surface area contributed by atoms with E-state index < -0.39 is 0 Å². The lowest BCUT2D eigenvalue weighted by atomic mass is 10.0. The van der Waals surface area contributed by atoms with Crippen molar-refractivity contribution in [3.63, 3.8) is 0 Å². The summed E-state index contributed by atoms with van der Waals surface area (Å²) in [7, 11) is 0. The number of rotatable bonds is 4. The largest absolute Gasteiger partial charge is 0.330 e. The van der Waals surface area contributed by atoms with Gasteiger partial charge in [-0.2, -0.15) is 0 Å². The van der Waals surface area contributed by atoms with E-state index >= 15 is 0 Å². The molecule has 0 unspecified atom stereocenters. The molecule has 1 aromatic carbocycles. The SMILES string of the molecule is NCCC[C@@H](N)c1ccc(Br)cc1F. The van der Waals surface area contributed by atoms with E-state index in [1.54, 1.807) is 12.1 Å². The molecule has 0 aliphatic rings. The quantitative estimate of drug-likeness (QED) is 0.873. The van der Waals surface area contributed by atoms with Crippen LogP contribution in [0.3, 0.4) is 0 Å². The Labute approximate surface area is 91.6 Å². The molecular formula is C10H14BrFN2. The lowest BCUT2D eigenvalue weighted by Crippen LogP contribution is -2.14. The third kappa shape index (κ3) is 3.04. The van der Waals surface area contributed by atoms with Crippen LogP contribution in [0.25, 0.3) is 0 Å². The van der Waals surface area contributed by atoms with Crippen LogP contribution in [0.4, 0.5) is 4.39 Å². The van der Waals surface area contributed by atoms with Crippen LogP contribution in [0.15, 0.2) is 22.7 Å². The number of benzene rings is 1. The van der Waals surface area contributed by atoms with Gasteiger partial charge in [-0.1, -0.05) is 22.0 Å². The molecular weight excluding hydrogens is 247 g/mol. The van der Waals surface area contributed by atoms with E-state index in [1.807, 2.05) is 0 Å². The molecule has 0 saturated carbocycles. The van der Waals surface area contributed by atoms with Crippen molar-refractivity contribution in [2.75, 3.05) is 6.54 Å². The summed E-state index contributed by atoms with van der Waals surface area (Å²) in [4.78, 5) is 0. The molecule has 1 aromatic rings. The van der Waals surface area contributed by atoms with E-state index in [0.717, 1.165) is 17.3 Å². The van der Waals surface area contributed by atoms with E-state index in [1.165, 1.54) is 6.07 Å². The van der Waals surface area contributed by atoms with Crippen LogP contribution in [0.5, 0.6) is 0 Å². The van der Waals surface area contributed by atoms with Gasteiger partial charge in [-0.3, -0.25) is 0 Å². The van der Waals surface area contributed by atoms with Crippen molar-refractivity contribution in [3.8, 4) is 0 Å². The van der Waals surface area contributed by atoms with E-state index in [-0.39, 0.29) is 11.9 Å². The van der Waals surface area contributed by atoms with Crippen LogP contribution in [-0.4, -0.2) is 6.54 Å². The molecule has 78 valence electrons. The third-order valence-corrected chi connectivity index (χ3v) is 2.57. The molecule has 0 radical (unpaired) electrons. The van der Waals surface area contributed by atoms with Crippen LogP contribution < -0.4 is 11.5 Å². The normalized spacial score (nSPS) is 12.9. The van der Waals surface area contributed by atoms with Gasteiger partial charge in [-0.15, -0.1) is 0 Å². The van der Waals surface area contributed by atoms with Crippen molar-refractivity contribution in [2.45, 2.75) is 18.9 Å². The van der Waals surface area contributed by atoms with E-state index in [2.05, 4.69) is 15.9 Å².